The molecule has 1 aromatic heterocycles. The fraction of sp³-hybridized carbons (Fsp3) is 0.154. The minimum atomic E-state index is -0.443. The summed E-state index contributed by atoms with van der Waals surface area (Å²) in [4.78, 5) is 8.27. The molecule has 5 nitrogen and oxygen atoms in total. The van der Waals surface area contributed by atoms with Gasteiger partial charge in [-0.3, -0.25) is 0 Å². The maximum absolute atomic E-state index is 13.0. The van der Waals surface area contributed by atoms with E-state index in [1.54, 1.807) is 12.1 Å². The number of hydrogen-bond donors (Lipinski definition) is 3. The maximum Gasteiger partial charge on any atom is 0.225 e. The standard InChI is InChI=1S/C13H14ClFN5/c1-2-17-12-11(16)7-19-13(20-12)18-6-8-3-4-10(15)9(14)5-8/h3-5,7H,1-2,6,16H2,(H2,17,18,19,20). The van der Waals surface area contributed by atoms with Crippen molar-refractivity contribution in [2.24, 2.45) is 0 Å². The first-order valence-electron chi connectivity index (χ1n) is 5.93. The van der Waals surface area contributed by atoms with Crippen LogP contribution in [0.1, 0.15) is 5.56 Å². The van der Waals surface area contributed by atoms with Gasteiger partial charge in [-0.2, -0.15) is 4.98 Å². The molecule has 0 unspecified atom stereocenters. The Labute approximate surface area is 121 Å². The molecule has 0 spiro atoms. The Morgan fingerprint density at radius 3 is 2.85 bits per heavy atom. The fourth-order valence-electron chi connectivity index (χ4n) is 1.57. The van der Waals surface area contributed by atoms with Gasteiger partial charge in [0, 0.05) is 13.1 Å². The van der Waals surface area contributed by atoms with Gasteiger partial charge in [-0.1, -0.05) is 17.7 Å². The summed E-state index contributed by atoms with van der Waals surface area (Å²) in [5, 5.41) is 6.03. The van der Waals surface area contributed by atoms with Crippen LogP contribution in [0, 0.1) is 12.7 Å². The van der Waals surface area contributed by atoms with E-state index in [4.69, 9.17) is 17.3 Å². The van der Waals surface area contributed by atoms with Crippen LogP contribution in [0.4, 0.5) is 21.8 Å². The zero-order chi connectivity index (χ0) is 14.5. The summed E-state index contributed by atoms with van der Waals surface area (Å²) >= 11 is 5.72. The minimum absolute atomic E-state index is 0.0851. The Kier molecular flexibility index (Phi) is 4.57. The molecule has 1 heterocycles. The van der Waals surface area contributed by atoms with E-state index in [0.29, 0.717) is 30.5 Å². The zero-order valence-electron chi connectivity index (χ0n) is 10.7. The Balaban J connectivity index is 2.06. The summed E-state index contributed by atoms with van der Waals surface area (Å²) < 4.78 is 13.0. The van der Waals surface area contributed by atoms with Crippen molar-refractivity contribution in [3.05, 3.63) is 47.7 Å². The zero-order valence-corrected chi connectivity index (χ0v) is 11.4. The lowest BCUT2D eigenvalue weighted by atomic mass is 10.2. The van der Waals surface area contributed by atoms with Crippen LogP contribution in [0.2, 0.25) is 5.02 Å². The van der Waals surface area contributed by atoms with Gasteiger partial charge in [0.05, 0.1) is 16.9 Å². The monoisotopic (exact) mass is 294 g/mol. The van der Waals surface area contributed by atoms with Crippen molar-refractivity contribution in [1.82, 2.24) is 9.97 Å². The van der Waals surface area contributed by atoms with Crippen molar-refractivity contribution in [1.29, 1.82) is 0 Å². The average molecular weight is 295 g/mol. The molecule has 4 N–H and O–H groups in total. The lowest BCUT2D eigenvalue weighted by Crippen LogP contribution is -2.09. The maximum atomic E-state index is 13.0. The SMILES string of the molecule is [CH2]CNc1nc(NCc2ccc(F)c(Cl)c2)ncc1N. The summed E-state index contributed by atoms with van der Waals surface area (Å²) in [7, 11) is 0. The molecule has 0 bridgehead atoms. The van der Waals surface area contributed by atoms with Gasteiger partial charge < -0.3 is 16.4 Å². The summed E-state index contributed by atoms with van der Waals surface area (Å²) in [5.41, 5.74) is 6.99. The molecular weight excluding hydrogens is 281 g/mol. The first-order chi connectivity index (χ1) is 9.60. The number of nitrogens with one attached hydrogen (secondary N) is 2. The van der Waals surface area contributed by atoms with Gasteiger partial charge in [0.1, 0.15) is 5.82 Å². The fourth-order valence-corrected chi connectivity index (χ4v) is 1.77. The molecule has 0 aliphatic carbocycles. The van der Waals surface area contributed by atoms with E-state index in [9.17, 15) is 4.39 Å². The molecule has 0 aliphatic heterocycles. The van der Waals surface area contributed by atoms with Crippen LogP contribution >= 0.6 is 11.6 Å². The molecule has 20 heavy (non-hydrogen) atoms. The summed E-state index contributed by atoms with van der Waals surface area (Å²) in [6.07, 6.45) is 1.50. The highest BCUT2D eigenvalue weighted by atomic mass is 35.5. The van der Waals surface area contributed by atoms with E-state index in [-0.39, 0.29) is 5.02 Å². The number of nitrogens with two attached hydrogens (primary N) is 1. The Bertz CT molecular complexity index is 605. The topological polar surface area (TPSA) is 75.9 Å². The molecule has 2 rings (SSSR count). The van der Waals surface area contributed by atoms with E-state index in [1.165, 1.54) is 12.3 Å². The van der Waals surface area contributed by atoms with Crippen LogP contribution in [0.25, 0.3) is 0 Å². The number of hydrogen-bond acceptors (Lipinski definition) is 5. The molecule has 1 radical (unpaired) electrons. The molecule has 2 aromatic rings. The van der Waals surface area contributed by atoms with E-state index in [0.717, 1.165) is 5.56 Å². The molecule has 105 valence electrons. The third-order valence-electron chi connectivity index (χ3n) is 2.54. The number of benzene rings is 1. The molecule has 0 atom stereocenters. The van der Waals surface area contributed by atoms with E-state index < -0.39 is 5.82 Å². The summed E-state index contributed by atoms with van der Waals surface area (Å²) in [5.74, 6) is 0.492. The van der Waals surface area contributed by atoms with Gasteiger partial charge in [-0.05, 0) is 24.6 Å². The third-order valence-corrected chi connectivity index (χ3v) is 2.83. The Morgan fingerprint density at radius 2 is 2.15 bits per heavy atom. The average Bonchev–Trinajstić information content (AvgIpc) is 2.43. The Morgan fingerprint density at radius 1 is 1.35 bits per heavy atom. The van der Waals surface area contributed by atoms with Crippen LogP contribution in [0.3, 0.4) is 0 Å². The second-order valence-corrected chi connectivity index (χ2v) is 4.43. The number of nitrogens with zero attached hydrogens (tertiary/aromatic N) is 2. The third kappa shape index (κ3) is 3.48. The lowest BCUT2D eigenvalue weighted by Gasteiger charge is -2.09. The van der Waals surface area contributed by atoms with Crippen molar-refractivity contribution < 1.29 is 4.39 Å². The lowest BCUT2D eigenvalue weighted by molar-refractivity contribution is 0.627. The van der Waals surface area contributed by atoms with Gasteiger partial charge in [0.25, 0.3) is 0 Å². The first kappa shape index (κ1) is 14.3. The molecule has 0 saturated heterocycles. The number of rotatable bonds is 5. The van der Waals surface area contributed by atoms with Crippen molar-refractivity contribution >= 4 is 29.1 Å². The highest BCUT2D eigenvalue weighted by molar-refractivity contribution is 6.30. The summed E-state index contributed by atoms with van der Waals surface area (Å²) in [6.45, 7) is 4.56. The van der Waals surface area contributed by atoms with Crippen LogP contribution in [-0.4, -0.2) is 16.5 Å². The molecule has 1 aromatic carbocycles. The molecule has 0 aliphatic rings. The predicted octanol–water partition coefficient (Wildman–Crippen LogP) is 2.71. The van der Waals surface area contributed by atoms with Gasteiger partial charge in [-0.15, -0.1) is 0 Å². The van der Waals surface area contributed by atoms with Crippen LogP contribution in [0.15, 0.2) is 24.4 Å². The molecular formula is C13H14ClFN5. The highest BCUT2D eigenvalue weighted by Crippen LogP contribution is 2.18. The number of aromatic nitrogens is 2. The number of nitrogen functional groups attached to an aromatic ring is 1. The Hall–Kier alpha value is -2.08. The summed E-state index contributed by atoms with van der Waals surface area (Å²) in [6, 6.07) is 4.51. The van der Waals surface area contributed by atoms with Gasteiger partial charge in [-0.25, -0.2) is 9.37 Å². The number of anilines is 3. The van der Waals surface area contributed by atoms with Gasteiger partial charge >= 0.3 is 0 Å². The normalized spacial score (nSPS) is 10.3. The highest BCUT2D eigenvalue weighted by Gasteiger charge is 2.05. The molecule has 0 amide bonds. The van der Waals surface area contributed by atoms with E-state index in [2.05, 4.69) is 27.5 Å². The predicted molar refractivity (Wildman–Crippen MR) is 79.0 cm³/mol. The molecule has 0 saturated carbocycles. The molecule has 0 fully saturated rings. The smallest absolute Gasteiger partial charge is 0.225 e. The van der Waals surface area contributed by atoms with Crippen molar-refractivity contribution in [3.8, 4) is 0 Å². The van der Waals surface area contributed by atoms with Crippen molar-refractivity contribution in [2.45, 2.75) is 6.54 Å². The van der Waals surface area contributed by atoms with Crippen LogP contribution < -0.4 is 16.4 Å². The second-order valence-electron chi connectivity index (χ2n) is 4.03. The first-order valence-corrected chi connectivity index (χ1v) is 6.31. The van der Waals surface area contributed by atoms with Crippen LogP contribution in [-0.2, 0) is 6.54 Å². The van der Waals surface area contributed by atoms with Crippen molar-refractivity contribution in [2.75, 3.05) is 22.9 Å². The second kappa shape index (κ2) is 6.38. The largest absolute Gasteiger partial charge is 0.394 e. The van der Waals surface area contributed by atoms with Gasteiger partial charge in [0.2, 0.25) is 5.95 Å². The minimum Gasteiger partial charge on any atom is -0.394 e. The van der Waals surface area contributed by atoms with E-state index >= 15 is 0 Å². The van der Waals surface area contributed by atoms with Gasteiger partial charge in [0.15, 0.2) is 5.82 Å². The number of halogens is 2. The quantitative estimate of drug-likeness (QED) is 0.790. The molecule has 7 heteroatoms. The van der Waals surface area contributed by atoms with Crippen LogP contribution in [0.5, 0.6) is 0 Å². The van der Waals surface area contributed by atoms with Crippen molar-refractivity contribution in [3.63, 3.8) is 0 Å². The van der Waals surface area contributed by atoms with E-state index in [1.807, 2.05) is 0 Å².